The first kappa shape index (κ1) is 12.8. The Morgan fingerprint density at radius 2 is 2.37 bits per heavy atom. The number of halogens is 1. The van der Waals surface area contributed by atoms with Gasteiger partial charge in [0.05, 0.1) is 0 Å². The molecule has 3 nitrogen and oxygen atoms in total. The molecule has 4 heteroatoms. The highest BCUT2D eigenvalue weighted by Gasteiger charge is 2.57. The van der Waals surface area contributed by atoms with Crippen molar-refractivity contribution in [2.75, 3.05) is 19.7 Å². The number of carbonyl (C=O) groups is 1. The van der Waals surface area contributed by atoms with E-state index in [1.165, 1.54) is 6.42 Å². The van der Waals surface area contributed by atoms with Crippen LogP contribution in [0.2, 0.25) is 5.02 Å². The Balaban J connectivity index is 1.56. The summed E-state index contributed by atoms with van der Waals surface area (Å²) in [4.78, 5) is 14.0. The highest BCUT2D eigenvalue weighted by molar-refractivity contribution is 6.30. The Kier molecular flexibility index (Phi) is 2.97. The lowest BCUT2D eigenvalue weighted by Gasteiger charge is -2.20. The third-order valence-electron chi connectivity index (χ3n) is 4.37. The third kappa shape index (κ3) is 2.44. The molecule has 0 bridgehead atoms. The van der Waals surface area contributed by atoms with E-state index in [1.807, 2.05) is 24.0 Å². The number of fused-ring (bicyclic) bond motifs is 1. The Morgan fingerprint density at radius 3 is 3.00 bits per heavy atom. The van der Waals surface area contributed by atoms with Gasteiger partial charge in [-0.05, 0) is 48.4 Å². The molecule has 0 aromatic heterocycles. The summed E-state index contributed by atoms with van der Waals surface area (Å²) >= 11 is 5.89. The third-order valence-corrected chi connectivity index (χ3v) is 4.61. The quantitative estimate of drug-likeness (QED) is 0.851. The summed E-state index contributed by atoms with van der Waals surface area (Å²) in [5.74, 6) is 1.53. The summed E-state index contributed by atoms with van der Waals surface area (Å²) in [5.41, 5.74) is 1.35. The minimum Gasteiger partial charge on any atom is -0.483 e. The molecule has 19 heavy (non-hydrogen) atoms. The van der Waals surface area contributed by atoms with Gasteiger partial charge in [-0.15, -0.1) is 0 Å². The summed E-state index contributed by atoms with van der Waals surface area (Å²) < 4.78 is 5.60. The Morgan fingerprint density at radius 1 is 1.58 bits per heavy atom. The molecule has 102 valence electrons. The first-order chi connectivity index (χ1) is 8.98. The normalized spacial score (nSPS) is 28.2. The van der Waals surface area contributed by atoms with Gasteiger partial charge in [-0.2, -0.15) is 0 Å². The molecular formula is C15H18ClNO2. The number of aryl methyl sites for hydroxylation is 1. The second-order valence-corrected chi connectivity index (χ2v) is 6.46. The molecule has 2 atom stereocenters. The van der Waals surface area contributed by atoms with Crippen molar-refractivity contribution in [3.63, 3.8) is 0 Å². The van der Waals surface area contributed by atoms with E-state index in [1.54, 1.807) is 6.07 Å². The van der Waals surface area contributed by atoms with Gasteiger partial charge in [-0.3, -0.25) is 4.79 Å². The highest BCUT2D eigenvalue weighted by Crippen LogP contribution is 2.57. The lowest BCUT2D eigenvalue weighted by molar-refractivity contribution is -0.133. The number of carbonyl (C=O) groups excluding carboxylic acids is 1. The molecule has 1 aromatic rings. The summed E-state index contributed by atoms with van der Waals surface area (Å²) in [5, 5.41) is 0.684. The van der Waals surface area contributed by atoms with E-state index in [0.29, 0.717) is 16.4 Å². The lowest BCUT2D eigenvalue weighted by atomic mass is 10.1. The molecule has 1 aliphatic heterocycles. The zero-order chi connectivity index (χ0) is 13.6. The topological polar surface area (TPSA) is 29.5 Å². The Labute approximate surface area is 118 Å². The van der Waals surface area contributed by atoms with Crippen molar-refractivity contribution in [3.8, 4) is 5.75 Å². The minimum atomic E-state index is 0.0859. The van der Waals surface area contributed by atoms with Crippen LogP contribution in [0.1, 0.15) is 18.9 Å². The first-order valence-electron chi connectivity index (χ1n) is 6.65. The van der Waals surface area contributed by atoms with Gasteiger partial charge in [-0.1, -0.05) is 18.5 Å². The molecule has 1 saturated heterocycles. The lowest BCUT2D eigenvalue weighted by Crippen LogP contribution is -2.35. The summed E-state index contributed by atoms with van der Waals surface area (Å²) in [6.45, 7) is 6.09. The molecule has 1 amide bonds. The molecule has 3 rings (SSSR count). The number of hydrogen-bond acceptors (Lipinski definition) is 2. The number of likely N-dealkylation sites (tertiary alicyclic amines) is 1. The number of benzene rings is 1. The number of rotatable bonds is 3. The maximum atomic E-state index is 12.1. The molecule has 0 spiro atoms. The predicted molar refractivity (Wildman–Crippen MR) is 74.5 cm³/mol. The van der Waals surface area contributed by atoms with Crippen molar-refractivity contribution in [1.29, 1.82) is 0 Å². The second kappa shape index (κ2) is 4.41. The molecule has 1 saturated carbocycles. The van der Waals surface area contributed by atoms with Crippen LogP contribution in [0, 0.1) is 18.3 Å². The molecule has 1 aromatic carbocycles. The average molecular weight is 280 g/mol. The Bertz CT molecular complexity index is 531. The molecule has 2 fully saturated rings. The Hall–Kier alpha value is -1.22. The maximum Gasteiger partial charge on any atom is 0.260 e. The van der Waals surface area contributed by atoms with Crippen molar-refractivity contribution in [2.45, 2.75) is 20.3 Å². The number of nitrogens with zero attached hydrogens (tertiary/aromatic N) is 1. The molecular weight excluding hydrogens is 262 g/mol. The number of amides is 1. The summed E-state index contributed by atoms with van der Waals surface area (Å²) in [7, 11) is 0. The van der Waals surface area contributed by atoms with E-state index < -0.39 is 0 Å². The van der Waals surface area contributed by atoms with Crippen LogP contribution in [0.25, 0.3) is 0 Å². The van der Waals surface area contributed by atoms with Crippen molar-refractivity contribution in [2.24, 2.45) is 11.3 Å². The van der Waals surface area contributed by atoms with Crippen LogP contribution in [0.5, 0.6) is 5.75 Å². The van der Waals surface area contributed by atoms with Crippen LogP contribution < -0.4 is 4.74 Å². The van der Waals surface area contributed by atoms with E-state index in [9.17, 15) is 4.79 Å². The van der Waals surface area contributed by atoms with Crippen LogP contribution in [0.4, 0.5) is 0 Å². The van der Waals surface area contributed by atoms with E-state index in [2.05, 4.69) is 6.92 Å². The van der Waals surface area contributed by atoms with Gasteiger partial charge in [-0.25, -0.2) is 0 Å². The van der Waals surface area contributed by atoms with Crippen LogP contribution >= 0.6 is 11.6 Å². The van der Waals surface area contributed by atoms with Gasteiger partial charge in [0, 0.05) is 18.1 Å². The van der Waals surface area contributed by atoms with Crippen LogP contribution in [0.15, 0.2) is 18.2 Å². The SMILES string of the molecule is Cc1cc(Cl)ccc1OCC(=O)N1CC2CC2(C)C1. The van der Waals surface area contributed by atoms with Crippen molar-refractivity contribution >= 4 is 17.5 Å². The van der Waals surface area contributed by atoms with Crippen LogP contribution in [0.3, 0.4) is 0 Å². The van der Waals surface area contributed by atoms with Crippen molar-refractivity contribution in [1.82, 2.24) is 4.90 Å². The fourth-order valence-corrected chi connectivity index (χ4v) is 3.17. The van der Waals surface area contributed by atoms with E-state index >= 15 is 0 Å². The van der Waals surface area contributed by atoms with E-state index in [0.717, 1.165) is 24.4 Å². The first-order valence-corrected chi connectivity index (χ1v) is 7.02. The zero-order valence-electron chi connectivity index (χ0n) is 11.3. The van der Waals surface area contributed by atoms with Crippen LogP contribution in [-0.2, 0) is 4.79 Å². The van der Waals surface area contributed by atoms with Gasteiger partial charge >= 0.3 is 0 Å². The minimum absolute atomic E-state index is 0.0859. The molecule has 0 radical (unpaired) electrons. The standard InChI is InChI=1S/C15H18ClNO2/c1-10-5-12(16)3-4-13(10)19-8-14(18)17-7-11-6-15(11,2)9-17/h3-5,11H,6-9H2,1-2H3. The zero-order valence-corrected chi connectivity index (χ0v) is 12.0. The molecule has 2 unspecified atom stereocenters. The van der Waals surface area contributed by atoms with E-state index in [4.69, 9.17) is 16.3 Å². The number of ether oxygens (including phenoxy) is 1. The largest absolute Gasteiger partial charge is 0.483 e. The van der Waals surface area contributed by atoms with Gasteiger partial charge in [0.2, 0.25) is 0 Å². The maximum absolute atomic E-state index is 12.1. The molecule has 1 heterocycles. The van der Waals surface area contributed by atoms with Crippen LogP contribution in [-0.4, -0.2) is 30.5 Å². The molecule has 1 aliphatic carbocycles. The average Bonchev–Trinajstić information content (AvgIpc) is 2.86. The van der Waals surface area contributed by atoms with Gasteiger partial charge < -0.3 is 9.64 Å². The van der Waals surface area contributed by atoms with Crippen molar-refractivity contribution < 1.29 is 9.53 Å². The monoisotopic (exact) mass is 279 g/mol. The van der Waals surface area contributed by atoms with Gasteiger partial charge in [0.25, 0.3) is 5.91 Å². The number of hydrogen-bond donors (Lipinski definition) is 0. The summed E-state index contributed by atoms with van der Waals surface area (Å²) in [6.07, 6.45) is 1.27. The fourth-order valence-electron chi connectivity index (χ4n) is 2.94. The van der Waals surface area contributed by atoms with Gasteiger partial charge in [0.15, 0.2) is 6.61 Å². The molecule has 2 aliphatic rings. The fraction of sp³-hybridized carbons (Fsp3) is 0.533. The predicted octanol–water partition coefficient (Wildman–Crippen LogP) is 2.90. The second-order valence-electron chi connectivity index (χ2n) is 6.03. The smallest absolute Gasteiger partial charge is 0.260 e. The summed E-state index contributed by atoms with van der Waals surface area (Å²) in [6, 6.07) is 5.43. The highest BCUT2D eigenvalue weighted by atomic mass is 35.5. The van der Waals surface area contributed by atoms with Gasteiger partial charge in [0.1, 0.15) is 5.75 Å². The van der Waals surface area contributed by atoms with Crippen molar-refractivity contribution in [3.05, 3.63) is 28.8 Å². The van der Waals surface area contributed by atoms with E-state index in [-0.39, 0.29) is 12.5 Å². The molecule has 0 N–H and O–H groups in total. The number of piperidine rings is 1.